The van der Waals surface area contributed by atoms with Gasteiger partial charge in [-0.15, -0.1) is 0 Å². The molecule has 0 aromatic heterocycles. The van der Waals surface area contributed by atoms with Crippen LogP contribution in [0.5, 0.6) is 5.75 Å². The van der Waals surface area contributed by atoms with Crippen LogP contribution in [-0.2, 0) is 11.3 Å². The second kappa shape index (κ2) is 8.70. The summed E-state index contributed by atoms with van der Waals surface area (Å²) in [6.07, 6.45) is -0.582. The summed E-state index contributed by atoms with van der Waals surface area (Å²) in [5.41, 5.74) is 1.90. The highest BCUT2D eigenvalue weighted by Crippen LogP contribution is 2.19. The molecule has 0 bridgehead atoms. The number of nitrogens with one attached hydrogen (secondary N) is 2. The van der Waals surface area contributed by atoms with Crippen LogP contribution in [0.3, 0.4) is 0 Å². The molecule has 1 atom stereocenters. The quantitative estimate of drug-likeness (QED) is 0.768. The van der Waals surface area contributed by atoms with E-state index in [0.29, 0.717) is 5.75 Å². The largest absolute Gasteiger partial charge is 0.481 e. The van der Waals surface area contributed by atoms with Gasteiger partial charge in [-0.1, -0.05) is 41.1 Å². The fraction of sp³-hybridized carbons (Fsp3) is 0.278. The number of hydrogen-bond acceptors (Lipinski definition) is 3. The van der Waals surface area contributed by atoms with Crippen molar-refractivity contribution in [1.82, 2.24) is 5.32 Å². The van der Waals surface area contributed by atoms with Gasteiger partial charge in [0.05, 0.1) is 0 Å². The van der Waals surface area contributed by atoms with E-state index >= 15 is 0 Å². The van der Waals surface area contributed by atoms with Gasteiger partial charge in [0.2, 0.25) is 0 Å². The number of halogens is 1. The molecule has 2 aromatic carbocycles. The van der Waals surface area contributed by atoms with E-state index in [1.54, 1.807) is 6.92 Å². The van der Waals surface area contributed by atoms with Crippen LogP contribution in [0.15, 0.2) is 53.0 Å². The fourth-order valence-corrected chi connectivity index (χ4v) is 2.45. The van der Waals surface area contributed by atoms with E-state index in [2.05, 4.69) is 33.5 Å². The molecule has 2 rings (SSSR count). The zero-order chi connectivity index (χ0) is 16.7. The normalized spacial score (nSPS) is 11.8. The second-order valence-electron chi connectivity index (χ2n) is 5.19. The van der Waals surface area contributed by atoms with Crippen molar-refractivity contribution in [3.05, 3.63) is 58.6 Å². The summed E-state index contributed by atoms with van der Waals surface area (Å²) in [6.45, 7) is 5.49. The minimum atomic E-state index is -0.582. The first kappa shape index (κ1) is 17.5. The van der Waals surface area contributed by atoms with Gasteiger partial charge < -0.3 is 15.4 Å². The van der Waals surface area contributed by atoms with Gasteiger partial charge in [-0.3, -0.25) is 4.79 Å². The van der Waals surface area contributed by atoms with Crippen LogP contribution in [0, 0.1) is 0 Å². The molecule has 0 saturated carbocycles. The molecule has 1 unspecified atom stereocenters. The lowest BCUT2D eigenvalue weighted by molar-refractivity contribution is -0.122. The fourth-order valence-electron chi connectivity index (χ4n) is 2.07. The average Bonchev–Trinajstić information content (AvgIpc) is 2.53. The topological polar surface area (TPSA) is 50.4 Å². The lowest BCUT2D eigenvalue weighted by Crippen LogP contribution is -2.30. The van der Waals surface area contributed by atoms with E-state index in [1.807, 2.05) is 48.5 Å². The zero-order valence-electron chi connectivity index (χ0n) is 13.3. The number of benzene rings is 2. The van der Waals surface area contributed by atoms with Crippen molar-refractivity contribution < 1.29 is 9.53 Å². The summed E-state index contributed by atoms with van der Waals surface area (Å²) in [6, 6.07) is 15.2. The maximum absolute atomic E-state index is 12.3. The lowest BCUT2D eigenvalue weighted by atomic mass is 10.2. The molecular formula is C18H21BrN2O2. The Morgan fingerprint density at radius 2 is 2.00 bits per heavy atom. The third-order valence-corrected chi connectivity index (χ3v) is 3.75. The minimum absolute atomic E-state index is 0.175. The molecule has 1 amide bonds. The highest BCUT2D eigenvalue weighted by molar-refractivity contribution is 9.10. The van der Waals surface area contributed by atoms with Gasteiger partial charge in [0.25, 0.3) is 5.91 Å². The van der Waals surface area contributed by atoms with E-state index in [4.69, 9.17) is 4.74 Å². The first-order chi connectivity index (χ1) is 11.1. The Balaban J connectivity index is 1.95. The van der Waals surface area contributed by atoms with Gasteiger partial charge in [0, 0.05) is 16.7 Å². The van der Waals surface area contributed by atoms with Crippen molar-refractivity contribution >= 4 is 27.5 Å². The first-order valence-electron chi connectivity index (χ1n) is 7.61. The number of rotatable bonds is 7. The van der Waals surface area contributed by atoms with Crippen LogP contribution in [0.25, 0.3) is 0 Å². The summed E-state index contributed by atoms with van der Waals surface area (Å²) < 4.78 is 6.59. The summed E-state index contributed by atoms with van der Waals surface area (Å²) >= 11 is 3.38. The molecule has 0 aliphatic heterocycles. The van der Waals surface area contributed by atoms with Crippen molar-refractivity contribution in [2.75, 3.05) is 11.9 Å². The van der Waals surface area contributed by atoms with Crippen molar-refractivity contribution in [2.24, 2.45) is 0 Å². The van der Waals surface area contributed by atoms with Crippen molar-refractivity contribution in [3.8, 4) is 5.75 Å². The van der Waals surface area contributed by atoms with Crippen molar-refractivity contribution in [1.29, 1.82) is 0 Å². The van der Waals surface area contributed by atoms with Gasteiger partial charge in [-0.25, -0.2) is 0 Å². The third kappa shape index (κ3) is 5.69. The zero-order valence-corrected chi connectivity index (χ0v) is 14.9. The Hall–Kier alpha value is -1.85. The van der Waals surface area contributed by atoms with E-state index < -0.39 is 6.10 Å². The van der Waals surface area contributed by atoms with Gasteiger partial charge in [-0.05, 0) is 49.4 Å². The van der Waals surface area contributed by atoms with Gasteiger partial charge in [0.1, 0.15) is 5.75 Å². The van der Waals surface area contributed by atoms with E-state index in [9.17, 15) is 4.79 Å². The molecule has 2 aromatic rings. The second-order valence-corrected chi connectivity index (χ2v) is 6.10. The van der Waals surface area contributed by atoms with Crippen molar-refractivity contribution in [3.63, 3.8) is 0 Å². The van der Waals surface area contributed by atoms with Crippen LogP contribution in [0.2, 0.25) is 0 Å². The molecule has 122 valence electrons. The van der Waals surface area contributed by atoms with Crippen LogP contribution in [0.4, 0.5) is 5.69 Å². The minimum Gasteiger partial charge on any atom is -0.481 e. The maximum Gasteiger partial charge on any atom is 0.265 e. The third-order valence-electron chi connectivity index (χ3n) is 3.25. The first-order valence-corrected chi connectivity index (χ1v) is 8.40. The number of amides is 1. The molecule has 0 aliphatic carbocycles. The number of hydrogen-bond donors (Lipinski definition) is 2. The van der Waals surface area contributed by atoms with Crippen LogP contribution in [0.1, 0.15) is 19.4 Å². The van der Waals surface area contributed by atoms with Crippen LogP contribution < -0.4 is 15.4 Å². The standard InChI is InChI=1S/C18H21BrN2O2/c1-3-20-12-14-6-4-8-16(10-14)21-18(22)13(2)23-17-9-5-7-15(19)11-17/h4-11,13,20H,3,12H2,1-2H3,(H,21,22). The predicted molar refractivity (Wildman–Crippen MR) is 96.7 cm³/mol. The Kier molecular flexibility index (Phi) is 6.62. The molecule has 2 N–H and O–H groups in total. The van der Waals surface area contributed by atoms with E-state index in [0.717, 1.165) is 28.8 Å². The number of carbonyl (C=O) groups is 1. The average molecular weight is 377 g/mol. The molecule has 0 fully saturated rings. The van der Waals surface area contributed by atoms with E-state index in [1.165, 1.54) is 0 Å². The monoisotopic (exact) mass is 376 g/mol. The number of carbonyl (C=O) groups excluding carboxylic acids is 1. The Morgan fingerprint density at radius 1 is 1.22 bits per heavy atom. The molecule has 0 aliphatic rings. The van der Waals surface area contributed by atoms with E-state index in [-0.39, 0.29) is 5.91 Å². The Morgan fingerprint density at radius 3 is 2.74 bits per heavy atom. The van der Waals surface area contributed by atoms with Crippen LogP contribution >= 0.6 is 15.9 Å². The Bertz CT molecular complexity index is 661. The summed E-state index contributed by atoms with van der Waals surface area (Å²) in [4.78, 5) is 12.3. The molecule has 0 spiro atoms. The van der Waals surface area contributed by atoms with Crippen LogP contribution in [-0.4, -0.2) is 18.6 Å². The highest BCUT2D eigenvalue weighted by Gasteiger charge is 2.15. The molecule has 0 radical (unpaired) electrons. The number of ether oxygens (including phenoxy) is 1. The summed E-state index contributed by atoms with van der Waals surface area (Å²) in [7, 11) is 0. The maximum atomic E-state index is 12.3. The number of anilines is 1. The summed E-state index contributed by atoms with van der Waals surface area (Å²) in [5.74, 6) is 0.480. The summed E-state index contributed by atoms with van der Waals surface area (Å²) in [5, 5.41) is 6.15. The van der Waals surface area contributed by atoms with Gasteiger partial charge in [-0.2, -0.15) is 0 Å². The smallest absolute Gasteiger partial charge is 0.265 e. The molecule has 5 heteroatoms. The van der Waals surface area contributed by atoms with Crippen molar-refractivity contribution in [2.45, 2.75) is 26.5 Å². The highest BCUT2D eigenvalue weighted by atomic mass is 79.9. The molecule has 23 heavy (non-hydrogen) atoms. The molecule has 4 nitrogen and oxygen atoms in total. The molecule has 0 heterocycles. The Labute approximate surface area is 145 Å². The van der Waals surface area contributed by atoms with Gasteiger partial charge in [0.15, 0.2) is 6.10 Å². The molecular weight excluding hydrogens is 356 g/mol. The lowest BCUT2D eigenvalue weighted by Gasteiger charge is -2.15. The predicted octanol–water partition coefficient (Wildman–Crippen LogP) is 3.96. The SMILES string of the molecule is CCNCc1cccc(NC(=O)C(C)Oc2cccc(Br)c2)c1. The van der Waals surface area contributed by atoms with Gasteiger partial charge >= 0.3 is 0 Å². The molecule has 0 saturated heterocycles.